The summed E-state index contributed by atoms with van der Waals surface area (Å²) in [5.41, 5.74) is 0.145. The third-order valence-electron chi connectivity index (χ3n) is 2.85. The first-order valence-electron chi connectivity index (χ1n) is 6.02. The Kier molecular flexibility index (Phi) is 3.07. The lowest BCUT2D eigenvalue weighted by molar-refractivity contribution is -0.122. The highest BCUT2D eigenvalue weighted by Crippen LogP contribution is 2.20. The van der Waals surface area contributed by atoms with E-state index in [9.17, 15) is 14.4 Å². The van der Waals surface area contributed by atoms with Crippen molar-refractivity contribution in [2.45, 2.75) is 0 Å². The molecule has 7 heteroatoms. The number of carbonyl (C=O) groups is 3. The van der Waals surface area contributed by atoms with Crippen LogP contribution in [0.3, 0.4) is 0 Å². The molecule has 1 saturated heterocycles. The van der Waals surface area contributed by atoms with E-state index in [1.54, 1.807) is 12.1 Å². The summed E-state index contributed by atoms with van der Waals surface area (Å²) < 4.78 is 5.08. The van der Waals surface area contributed by atoms with Crippen molar-refractivity contribution in [3.63, 3.8) is 0 Å². The number of imide groups is 2. The average molecular weight is 283 g/mol. The summed E-state index contributed by atoms with van der Waals surface area (Å²) in [7, 11) is 0. The zero-order valence-electron chi connectivity index (χ0n) is 10.6. The van der Waals surface area contributed by atoms with Crippen LogP contribution in [0.2, 0.25) is 0 Å². The van der Waals surface area contributed by atoms with E-state index >= 15 is 0 Å². The molecule has 0 unspecified atom stereocenters. The number of hydrogen-bond acceptors (Lipinski definition) is 5. The van der Waals surface area contributed by atoms with Crippen molar-refractivity contribution in [3.05, 3.63) is 54.3 Å². The van der Waals surface area contributed by atoms with Crippen molar-refractivity contribution in [3.8, 4) is 0 Å². The minimum absolute atomic E-state index is 0.179. The number of aromatic nitrogens is 1. The minimum Gasteiger partial charge on any atom is -0.465 e. The molecular formula is C14H9N3O4. The van der Waals surface area contributed by atoms with E-state index < -0.39 is 17.8 Å². The normalized spacial score (nSPS) is 17.2. The van der Waals surface area contributed by atoms with E-state index in [-0.39, 0.29) is 5.57 Å². The number of rotatable bonds is 2. The molecule has 0 bridgehead atoms. The summed E-state index contributed by atoms with van der Waals surface area (Å²) in [6.45, 7) is 0. The maximum Gasteiger partial charge on any atom is 0.335 e. The van der Waals surface area contributed by atoms with Crippen LogP contribution in [-0.4, -0.2) is 22.8 Å². The average Bonchev–Trinajstić information content (AvgIpc) is 2.97. The first-order valence-corrected chi connectivity index (χ1v) is 6.02. The summed E-state index contributed by atoms with van der Waals surface area (Å²) in [5, 5.41) is 2.12. The van der Waals surface area contributed by atoms with Gasteiger partial charge in [-0.3, -0.25) is 19.9 Å². The van der Waals surface area contributed by atoms with Crippen molar-refractivity contribution < 1.29 is 18.8 Å². The number of barbiturate groups is 1. The first kappa shape index (κ1) is 12.8. The second-order valence-electron chi connectivity index (χ2n) is 4.18. The van der Waals surface area contributed by atoms with Crippen LogP contribution in [0.4, 0.5) is 10.5 Å². The summed E-state index contributed by atoms with van der Waals surface area (Å²) in [5.74, 6) is -1.13. The SMILES string of the molecule is O=C1NC(=O)N(c2ccncc2)C(=O)/C1=C/c1ccco1. The van der Waals surface area contributed by atoms with Gasteiger partial charge in [0.05, 0.1) is 12.0 Å². The monoisotopic (exact) mass is 283 g/mol. The van der Waals surface area contributed by atoms with Gasteiger partial charge in [0.25, 0.3) is 11.8 Å². The van der Waals surface area contributed by atoms with Gasteiger partial charge in [-0.1, -0.05) is 0 Å². The summed E-state index contributed by atoms with van der Waals surface area (Å²) >= 11 is 0. The van der Waals surface area contributed by atoms with Crippen molar-refractivity contribution in [2.24, 2.45) is 0 Å². The van der Waals surface area contributed by atoms with Crippen LogP contribution in [0.25, 0.3) is 6.08 Å². The molecular weight excluding hydrogens is 274 g/mol. The van der Waals surface area contributed by atoms with Crippen molar-refractivity contribution >= 4 is 29.6 Å². The molecule has 104 valence electrons. The molecule has 2 aromatic heterocycles. The molecule has 1 fully saturated rings. The maximum absolute atomic E-state index is 12.4. The molecule has 0 radical (unpaired) electrons. The number of pyridine rings is 1. The number of carbonyl (C=O) groups excluding carboxylic acids is 3. The predicted octanol–water partition coefficient (Wildman–Crippen LogP) is 1.34. The zero-order valence-corrected chi connectivity index (χ0v) is 10.6. The molecule has 0 spiro atoms. The fourth-order valence-electron chi connectivity index (χ4n) is 1.90. The smallest absolute Gasteiger partial charge is 0.335 e. The third kappa shape index (κ3) is 2.32. The van der Waals surface area contributed by atoms with E-state index in [2.05, 4.69) is 10.3 Å². The molecule has 2 aromatic rings. The van der Waals surface area contributed by atoms with Gasteiger partial charge in [0.1, 0.15) is 11.3 Å². The third-order valence-corrected chi connectivity index (χ3v) is 2.85. The van der Waals surface area contributed by atoms with Crippen LogP contribution in [0.15, 0.2) is 52.9 Å². The second kappa shape index (κ2) is 5.04. The number of hydrogen-bond donors (Lipinski definition) is 1. The molecule has 4 amide bonds. The van der Waals surface area contributed by atoms with Crippen LogP contribution in [0.5, 0.6) is 0 Å². The standard InChI is InChI=1S/C14H9N3O4/c18-12-11(8-10-2-1-7-21-10)13(19)17(14(20)16-12)9-3-5-15-6-4-9/h1-8H,(H,16,18,20)/b11-8+. The van der Waals surface area contributed by atoms with Gasteiger partial charge in [-0.05, 0) is 30.3 Å². The van der Waals surface area contributed by atoms with Crippen molar-refractivity contribution in [1.29, 1.82) is 0 Å². The lowest BCUT2D eigenvalue weighted by atomic mass is 10.1. The number of furan rings is 1. The van der Waals surface area contributed by atoms with Crippen LogP contribution >= 0.6 is 0 Å². The van der Waals surface area contributed by atoms with Gasteiger partial charge in [-0.2, -0.15) is 0 Å². The van der Waals surface area contributed by atoms with Crippen molar-refractivity contribution in [2.75, 3.05) is 4.90 Å². The molecule has 0 atom stereocenters. The van der Waals surface area contributed by atoms with Gasteiger partial charge in [0.15, 0.2) is 0 Å². The Labute approximate surface area is 118 Å². The number of amides is 4. The van der Waals surface area contributed by atoms with Crippen LogP contribution < -0.4 is 10.2 Å². The van der Waals surface area contributed by atoms with E-state index in [1.807, 2.05) is 0 Å². The van der Waals surface area contributed by atoms with Gasteiger partial charge < -0.3 is 4.42 Å². The Morgan fingerprint density at radius 3 is 2.57 bits per heavy atom. The molecule has 0 aliphatic carbocycles. The van der Waals surface area contributed by atoms with E-state index in [0.29, 0.717) is 11.4 Å². The number of nitrogens with one attached hydrogen (secondary N) is 1. The second-order valence-corrected chi connectivity index (χ2v) is 4.18. The fourth-order valence-corrected chi connectivity index (χ4v) is 1.90. The Hall–Kier alpha value is -3.22. The number of urea groups is 1. The minimum atomic E-state index is -0.798. The molecule has 21 heavy (non-hydrogen) atoms. The largest absolute Gasteiger partial charge is 0.465 e. The first-order chi connectivity index (χ1) is 10.2. The Morgan fingerprint density at radius 1 is 1.14 bits per heavy atom. The quantitative estimate of drug-likeness (QED) is 0.663. The van der Waals surface area contributed by atoms with E-state index in [1.165, 1.54) is 36.9 Å². The summed E-state index contributed by atoms with van der Waals surface area (Å²) in [6, 6.07) is 5.42. The molecule has 0 saturated carbocycles. The highest BCUT2D eigenvalue weighted by Gasteiger charge is 2.36. The Morgan fingerprint density at radius 2 is 1.90 bits per heavy atom. The van der Waals surface area contributed by atoms with Gasteiger partial charge in [-0.25, -0.2) is 9.69 Å². The van der Waals surface area contributed by atoms with Gasteiger partial charge in [0.2, 0.25) is 0 Å². The number of nitrogens with zero attached hydrogens (tertiary/aromatic N) is 2. The topological polar surface area (TPSA) is 92.5 Å². The molecule has 0 aromatic carbocycles. The van der Waals surface area contributed by atoms with Crippen molar-refractivity contribution in [1.82, 2.24) is 10.3 Å². The molecule has 3 heterocycles. The Balaban J connectivity index is 2.02. The molecule has 1 N–H and O–H groups in total. The van der Waals surface area contributed by atoms with E-state index in [4.69, 9.17) is 4.42 Å². The summed E-state index contributed by atoms with van der Waals surface area (Å²) in [4.78, 5) is 40.8. The molecule has 1 aliphatic heterocycles. The van der Waals surface area contributed by atoms with Gasteiger partial charge in [-0.15, -0.1) is 0 Å². The zero-order chi connectivity index (χ0) is 14.8. The molecule has 1 aliphatic rings. The highest BCUT2D eigenvalue weighted by molar-refractivity contribution is 6.39. The lowest BCUT2D eigenvalue weighted by Crippen LogP contribution is -2.54. The predicted molar refractivity (Wildman–Crippen MR) is 71.9 cm³/mol. The highest BCUT2D eigenvalue weighted by atomic mass is 16.3. The van der Waals surface area contributed by atoms with Crippen LogP contribution in [0.1, 0.15) is 5.76 Å². The Bertz CT molecular complexity index is 735. The lowest BCUT2D eigenvalue weighted by Gasteiger charge is -2.25. The fraction of sp³-hybridized carbons (Fsp3) is 0. The van der Waals surface area contributed by atoms with E-state index in [0.717, 1.165) is 4.90 Å². The number of anilines is 1. The molecule has 7 nitrogen and oxygen atoms in total. The van der Waals surface area contributed by atoms with Gasteiger partial charge >= 0.3 is 6.03 Å². The maximum atomic E-state index is 12.4. The van der Waals surface area contributed by atoms with Crippen LogP contribution in [0, 0.1) is 0 Å². The van der Waals surface area contributed by atoms with Gasteiger partial charge in [0, 0.05) is 12.4 Å². The van der Waals surface area contributed by atoms with Crippen LogP contribution in [-0.2, 0) is 9.59 Å². The molecule has 3 rings (SSSR count). The summed E-state index contributed by atoms with van der Waals surface area (Å²) in [6.07, 6.45) is 5.60.